The maximum absolute atomic E-state index is 12.9. The Bertz CT molecular complexity index is 1170. The summed E-state index contributed by atoms with van der Waals surface area (Å²) in [5, 5.41) is 3.32. The molecule has 1 fully saturated rings. The predicted octanol–water partition coefficient (Wildman–Crippen LogP) is 6.67. The van der Waals surface area contributed by atoms with Gasteiger partial charge in [-0.05, 0) is 59.2 Å². The number of hydrogen-bond acceptors (Lipinski definition) is 4. The van der Waals surface area contributed by atoms with Gasteiger partial charge in [-0.25, -0.2) is 0 Å². The van der Waals surface area contributed by atoms with Gasteiger partial charge >= 0.3 is 5.97 Å². The molecule has 0 bridgehead atoms. The molecule has 3 N–H and O–H groups in total. The molecule has 1 atom stereocenters. The molecule has 35 heavy (non-hydrogen) atoms. The van der Waals surface area contributed by atoms with Crippen molar-refractivity contribution in [3.05, 3.63) is 88.4 Å². The fourth-order valence-corrected chi connectivity index (χ4v) is 4.93. The smallest absolute Gasteiger partial charge is 0.307 e. The third kappa shape index (κ3) is 6.23. The number of nitrogens with one attached hydrogen (secondary N) is 1. The number of carbonyl (C=O) groups excluding carboxylic acids is 2. The van der Waals surface area contributed by atoms with E-state index in [1.807, 2.05) is 24.3 Å². The van der Waals surface area contributed by atoms with Gasteiger partial charge in [-0.2, -0.15) is 0 Å². The molecule has 4 rings (SSSR count). The van der Waals surface area contributed by atoms with Crippen LogP contribution >= 0.6 is 11.6 Å². The molecule has 1 aliphatic carbocycles. The van der Waals surface area contributed by atoms with Crippen LogP contribution in [0.15, 0.2) is 66.7 Å². The average molecular weight is 491 g/mol. The molecule has 182 valence electrons. The van der Waals surface area contributed by atoms with Gasteiger partial charge < -0.3 is 15.8 Å². The molecular weight excluding hydrogens is 460 g/mol. The van der Waals surface area contributed by atoms with Crippen molar-refractivity contribution in [2.75, 3.05) is 12.8 Å². The Morgan fingerprint density at radius 1 is 0.971 bits per heavy atom. The van der Waals surface area contributed by atoms with Crippen LogP contribution in [-0.2, 0) is 9.53 Å². The van der Waals surface area contributed by atoms with Gasteiger partial charge in [0.05, 0.1) is 25.1 Å². The Labute approximate surface area is 211 Å². The van der Waals surface area contributed by atoms with Crippen LogP contribution in [0.25, 0.3) is 11.1 Å². The number of nitrogen functional groups attached to an aromatic ring is 1. The standard InChI is InChI=1S/C29H31ClN2O3/c1-35-28(33)18-27(32-29(34)25-17-24(30)15-16-26(25)31)23-13-11-22(12-14-23)21-9-7-20(8-10-21)19-5-3-2-4-6-19/h7-17,19,27H,2-6,18,31H2,1H3,(H,32,34). The Morgan fingerprint density at radius 2 is 1.60 bits per heavy atom. The Kier molecular flexibility index (Phi) is 8.09. The molecule has 1 saturated carbocycles. The summed E-state index contributed by atoms with van der Waals surface area (Å²) in [5.41, 5.74) is 11.0. The highest BCUT2D eigenvalue weighted by Gasteiger charge is 2.21. The van der Waals surface area contributed by atoms with E-state index in [4.69, 9.17) is 22.1 Å². The van der Waals surface area contributed by atoms with Crippen LogP contribution in [0.1, 0.15) is 72.0 Å². The monoisotopic (exact) mass is 490 g/mol. The first kappa shape index (κ1) is 24.8. The lowest BCUT2D eigenvalue weighted by molar-refractivity contribution is -0.141. The van der Waals surface area contributed by atoms with Gasteiger partial charge in [-0.15, -0.1) is 0 Å². The van der Waals surface area contributed by atoms with E-state index in [9.17, 15) is 9.59 Å². The number of halogens is 1. The summed E-state index contributed by atoms with van der Waals surface area (Å²) in [6, 6.07) is 20.9. The third-order valence-corrected chi connectivity index (χ3v) is 7.03. The first-order valence-electron chi connectivity index (χ1n) is 12.1. The molecule has 1 unspecified atom stereocenters. The van der Waals surface area contributed by atoms with E-state index in [1.54, 1.807) is 12.1 Å². The second-order valence-corrected chi connectivity index (χ2v) is 9.55. The van der Waals surface area contributed by atoms with Crippen LogP contribution < -0.4 is 11.1 Å². The number of anilines is 1. The van der Waals surface area contributed by atoms with Gasteiger partial charge in [0, 0.05) is 10.7 Å². The molecule has 3 aromatic carbocycles. The third-order valence-electron chi connectivity index (χ3n) is 6.80. The molecule has 1 amide bonds. The summed E-state index contributed by atoms with van der Waals surface area (Å²) >= 11 is 6.04. The van der Waals surface area contributed by atoms with E-state index in [0.29, 0.717) is 16.6 Å². The largest absolute Gasteiger partial charge is 0.469 e. The first-order chi connectivity index (χ1) is 16.9. The maximum Gasteiger partial charge on any atom is 0.307 e. The number of amides is 1. The summed E-state index contributed by atoms with van der Waals surface area (Å²) < 4.78 is 4.85. The van der Waals surface area contributed by atoms with Crippen molar-refractivity contribution >= 4 is 29.2 Å². The second kappa shape index (κ2) is 11.4. The minimum Gasteiger partial charge on any atom is -0.469 e. The lowest BCUT2D eigenvalue weighted by atomic mass is 9.83. The molecule has 5 nitrogen and oxygen atoms in total. The summed E-state index contributed by atoms with van der Waals surface area (Å²) in [5.74, 6) is -0.144. The van der Waals surface area contributed by atoms with E-state index < -0.39 is 17.9 Å². The molecule has 0 aromatic heterocycles. The number of esters is 1. The Hall–Kier alpha value is -3.31. The van der Waals surface area contributed by atoms with Crippen LogP contribution in [0.2, 0.25) is 5.02 Å². The zero-order valence-corrected chi connectivity index (χ0v) is 20.7. The van der Waals surface area contributed by atoms with Crippen molar-refractivity contribution in [3.63, 3.8) is 0 Å². The van der Waals surface area contributed by atoms with E-state index >= 15 is 0 Å². The van der Waals surface area contributed by atoms with Crippen molar-refractivity contribution in [3.8, 4) is 11.1 Å². The number of benzene rings is 3. The SMILES string of the molecule is COC(=O)CC(NC(=O)c1cc(Cl)ccc1N)c1ccc(-c2ccc(C3CCCCC3)cc2)cc1. The second-order valence-electron chi connectivity index (χ2n) is 9.12. The summed E-state index contributed by atoms with van der Waals surface area (Å²) in [7, 11) is 1.33. The molecule has 0 radical (unpaired) electrons. The molecule has 6 heteroatoms. The van der Waals surface area contributed by atoms with Gasteiger partial charge in [-0.1, -0.05) is 79.4 Å². The van der Waals surface area contributed by atoms with Crippen LogP contribution in [0, 0.1) is 0 Å². The van der Waals surface area contributed by atoms with Crippen molar-refractivity contribution in [2.45, 2.75) is 50.5 Å². The molecule has 0 aliphatic heterocycles. The van der Waals surface area contributed by atoms with Crippen molar-refractivity contribution in [2.24, 2.45) is 0 Å². The molecule has 0 heterocycles. The maximum atomic E-state index is 12.9. The number of nitrogens with two attached hydrogens (primary N) is 1. The number of methoxy groups -OCH3 is 1. The number of carbonyl (C=O) groups is 2. The van der Waals surface area contributed by atoms with Crippen molar-refractivity contribution < 1.29 is 14.3 Å². The van der Waals surface area contributed by atoms with E-state index in [-0.39, 0.29) is 12.0 Å². The van der Waals surface area contributed by atoms with Gasteiger partial charge in [0.1, 0.15) is 0 Å². The lowest BCUT2D eigenvalue weighted by Crippen LogP contribution is -2.31. The molecule has 1 aliphatic rings. The highest BCUT2D eigenvalue weighted by molar-refractivity contribution is 6.31. The summed E-state index contributed by atoms with van der Waals surface area (Å²) in [4.78, 5) is 25.0. The quantitative estimate of drug-likeness (QED) is 0.286. The predicted molar refractivity (Wildman–Crippen MR) is 140 cm³/mol. The van der Waals surface area contributed by atoms with E-state index in [0.717, 1.165) is 16.7 Å². The van der Waals surface area contributed by atoms with Crippen LogP contribution in [-0.4, -0.2) is 19.0 Å². The molecule has 0 saturated heterocycles. The molecule has 3 aromatic rings. The van der Waals surface area contributed by atoms with Crippen molar-refractivity contribution in [1.82, 2.24) is 5.32 Å². The average Bonchev–Trinajstić information content (AvgIpc) is 2.90. The van der Waals surface area contributed by atoms with Crippen LogP contribution in [0.5, 0.6) is 0 Å². The summed E-state index contributed by atoms with van der Waals surface area (Å²) in [6.45, 7) is 0. The zero-order chi connectivity index (χ0) is 24.8. The molecule has 0 spiro atoms. The normalized spacial score (nSPS) is 14.8. The minimum atomic E-state index is -0.573. The van der Waals surface area contributed by atoms with Gasteiger partial charge in [-0.3, -0.25) is 9.59 Å². The van der Waals surface area contributed by atoms with Crippen LogP contribution in [0.4, 0.5) is 5.69 Å². The van der Waals surface area contributed by atoms with E-state index in [2.05, 4.69) is 29.6 Å². The first-order valence-corrected chi connectivity index (χ1v) is 12.5. The number of ether oxygens (including phenoxy) is 1. The van der Waals surface area contributed by atoms with Gasteiger partial charge in [0.25, 0.3) is 5.91 Å². The lowest BCUT2D eigenvalue weighted by Gasteiger charge is -2.22. The number of hydrogen-bond donors (Lipinski definition) is 2. The fourth-order valence-electron chi connectivity index (χ4n) is 4.75. The minimum absolute atomic E-state index is 0.00184. The number of rotatable bonds is 7. The van der Waals surface area contributed by atoms with Gasteiger partial charge in [0.15, 0.2) is 0 Å². The van der Waals surface area contributed by atoms with E-state index in [1.165, 1.54) is 50.8 Å². The highest BCUT2D eigenvalue weighted by atomic mass is 35.5. The zero-order valence-electron chi connectivity index (χ0n) is 19.9. The van der Waals surface area contributed by atoms with Gasteiger partial charge in [0.2, 0.25) is 0 Å². The Balaban J connectivity index is 1.52. The van der Waals surface area contributed by atoms with Crippen molar-refractivity contribution in [1.29, 1.82) is 0 Å². The summed E-state index contributed by atoms with van der Waals surface area (Å²) in [6.07, 6.45) is 6.55. The fraction of sp³-hybridized carbons (Fsp3) is 0.310. The highest BCUT2D eigenvalue weighted by Crippen LogP contribution is 2.34. The topological polar surface area (TPSA) is 81.4 Å². The Morgan fingerprint density at radius 3 is 2.23 bits per heavy atom. The molecular formula is C29H31ClN2O3. The van der Waals surface area contributed by atoms with Crippen LogP contribution in [0.3, 0.4) is 0 Å².